The van der Waals surface area contributed by atoms with Gasteiger partial charge in [-0.1, -0.05) is 13.8 Å². The van der Waals surface area contributed by atoms with E-state index in [9.17, 15) is 4.79 Å². The number of fused-ring (bicyclic) bond motifs is 1. The summed E-state index contributed by atoms with van der Waals surface area (Å²) in [7, 11) is 0. The van der Waals surface area contributed by atoms with Gasteiger partial charge in [0.25, 0.3) is 0 Å². The molecule has 0 aliphatic carbocycles. The van der Waals surface area contributed by atoms with Crippen molar-refractivity contribution >= 4 is 16.9 Å². The summed E-state index contributed by atoms with van der Waals surface area (Å²) in [6.07, 6.45) is 1.72. The highest BCUT2D eigenvalue weighted by Gasteiger charge is 2.12. The Balaban J connectivity index is 0.000000847. The smallest absolute Gasteiger partial charge is 0.335 e. The van der Waals surface area contributed by atoms with Gasteiger partial charge in [-0.25, -0.2) is 4.79 Å². The van der Waals surface area contributed by atoms with Gasteiger partial charge in [-0.2, -0.15) is 5.10 Å². The summed E-state index contributed by atoms with van der Waals surface area (Å²) in [6, 6.07) is 5.11. The summed E-state index contributed by atoms with van der Waals surface area (Å²) >= 11 is 0. The van der Waals surface area contributed by atoms with Gasteiger partial charge >= 0.3 is 5.97 Å². The molecule has 22 heavy (non-hydrogen) atoms. The van der Waals surface area contributed by atoms with Gasteiger partial charge < -0.3 is 9.84 Å². The molecule has 1 aromatic heterocycles. The predicted octanol–water partition coefficient (Wildman–Crippen LogP) is 2.09. The van der Waals surface area contributed by atoms with Crippen molar-refractivity contribution in [2.75, 3.05) is 32.8 Å². The number of hydrogen-bond donors (Lipinski definition) is 1. The maximum atomic E-state index is 10.9. The van der Waals surface area contributed by atoms with E-state index in [1.54, 1.807) is 18.3 Å². The molecule has 0 saturated carbocycles. The van der Waals surface area contributed by atoms with Gasteiger partial charge in [-0.05, 0) is 18.2 Å². The zero-order valence-corrected chi connectivity index (χ0v) is 13.2. The number of hydrogen-bond acceptors (Lipinski definition) is 4. The lowest BCUT2D eigenvalue weighted by molar-refractivity contribution is 0.0361. The van der Waals surface area contributed by atoms with Gasteiger partial charge in [0, 0.05) is 25.0 Å². The van der Waals surface area contributed by atoms with Gasteiger partial charge in [0.15, 0.2) is 0 Å². The van der Waals surface area contributed by atoms with E-state index >= 15 is 0 Å². The van der Waals surface area contributed by atoms with E-state index in [2.05, 4.69) is 10.00 Å². The Morgan fingerprint density at radius 1 is 1.27 bits per heavy atom. The molecule has 3 rings (SSSR count). The van der Waals surface area contributed by atoms with Crippen molar-refractivity contribution in [3.05, 3.63) is 30.0 Å². The van der Waals surface area contributed by atoms with Crippen molar-refractivity contribution in [2.45, 2.75) is 20.4 Å². The van der Waals surface area contributed by atoms with Crippen LogP contribution < -0.4 is 0 Å². The van der Waals surface area contributed by atoms with Crippen LogP contribution in [0.25, 0.3) is 10.9 Å². The molecule has 1 aromatic carbocycles. The fourth-order valence-electron chi connectivity index (χ4n) is 2.46. The average Bonchev–Trinajstić information content (AvgIpc) is 2.98. The third kappa shape index (κ3) is 3.84. The fourth-order valence-corrected chi connectivity index (χ4v) is 2.46. The minimum Gasteiger partial charge on any atom is -0.478 e. The molecule has 1 aliphatic rings. The molecule has 0 atom stereocenters. The highest BCUT2D eigenvalue weighted by molar-refractivity contribution is 5.93. The summed E-state index contributed by atoms with van der Waals surface area (Å²) in [4.78, 5) is 13.3. The van der Waals surface area contributed by atoms with Crippen molar-refractivity contribution in [2.24, 2.45) is 0 Å². The van der Waals surface area contributed by atoms with Gasteiger partial charge in [0.2, 0.25) is 0 Å². The second-order valence-corrected chi connectivity index (χ2v) is 4.90. The van der Waals surface area contributed by atoms with Crippen LogP contribution >= 0.6 is 0 Å². The van der Waals surface area contributed by atoms with Crippen molar-refractivity contribution in [3.63, 3.8) is 0 Å². The largest absolute Gasteiger partial charge is 0.478 e. The lowest BCUT2D eigenvalue weighted by Crippen LogP contribution is -2.38. The topological polar surface area (TPSA) is 67.6 Å². The molecule has 120 valence electrons. The van der Waals surface area contributed by atoms with E-state index in [4.69, 9.17) is 9.84 Å². The van der Waals surface area contributed by atoms with Crippen LogP contribution in [0.1, 0.15) is 24.2 Å². The van der Waals surface area contributed by atoms with Crippen LogP contribution in [-0.2, 0) is 11.3 Å². The molecule has 1 aliphatic heterocycles. The molecule has 6 nitrogen and oxygen atoms in total. The van der Waals surface area contributed by atoms with E-state index in [1.165, 1.54) is 0 Å². The van der Waals surface area contributed by atoms with Crippen molar-refractivity contribution < 1.29 is 14.6 Å². The van der Waals surface area contributed by atoms with Gasteiger partial charge in [0.05, 0.1) is 37.0 Å². The minimum absolute atomic E-state index is 0.297. The monoisotopic (exact) mass is 305 g/mol. The molecule has 6 heteroatoms. The number of aromatic nitrogens is 2. The number of nitrogens with zero attached hydrogens (tertiary/aromatic N) is 3. The molecule has 1 fully saturated rings. The zero-order valence-electron chi connectivity index (χ0n) is 13.2. The molecule has 2 aromatic rings. The van der Waals surface area contributed by atoms with Crippen LogP contribution in [0.4, 0.5) is 0 Å². The second kappa shape index (κ2) is 7.91. The van der Waals surface area contributed by atoms with E-state index in [-0.39, 0.29) is 0 Å². The van der Waals surface area contributed by atoms with Gasteiger partial charge in [0.1, 0.15) is 0 Å². The highest BCUT2D eigenvalue weighted by atomic mass is 16.5. The molecule has 0 amide bonds. The molecule has 1 N–H and O–H groups in total. The second-order valence-electron chi connectivity index (χ2n) is 4.90. The molecule has 2 heterocycles. The summed E-state index contributed by atoms with van der Waals surface area (Å²) in [5.74, 6) is -0.909. The summed E-state index contributed by atoms with van der Waals surface area (Å²) in [6.45, 7) is 9.24. The highest BCUT2D eigenvalue weighted by Crippen LogP contribution is 2.16. The minimum atomic E-state index is -0.909. The SMILES string of the molecule is CC.O=C(O)c1ccc2c(cnn2CCN2CCOCC2)c1. The summed E-state index contributed by atoms with van der Waals surface area (Å²) < 4.78 is 7.25. The van der Waals surface area contributed by atoms with E-state index in [0.717, 1.165) is 50.3 Å². The first-order chi connectivity index (χ1) is 10.7. The van der Waals surface area contributed by atoms with Crippen LogP contribution in [0.3, 0.4) is 0 Å². The number of carbonyl (C=O) groups is 1. The molecular formula is C16H23N3O3. The fraction of sp³-hybridized carbons (Fsp3) is 0.500. The third-order valence-electron chi connectivity index (χ3n) is 3.62. The molecular weight excluding hydrogens is 282 g/mol. The standard InChI is InChI=1S/C14H17N3O3.C2H6/c18-14(19)11-1-2-13-12(9-11)10-15-17(13)4-3-16-5-7-20-8-6-16;1-2/h1-2,9-10H,3-8H2,(H,18,19);1-2H3. The Bertz CT molecular complexity index is 618. The number of aromatic carboxylic acids is 1. The van der Waals surface area contributed by atoms with Crippen molar-refractivity contribution in [1.82, 2.24) is 14.7 Å². The van der Waals surface area contributed by atoms with Crippen molar-refractivity contribution in [3.8, 4) is 0 Å². The van der Waals surface area contributed by atoms with E-state index < -0.39 is 5.97 Å². The average molecular weight is 305 g/mol. The molecule has 1 saturated heterocycles. The lowest BCUT2D eigenvalue weighted by Gasteiger charge is -2.26. The van der Waals surface area contributed by atoms with Crippen LogP contribution in [0.2, 0.25) is 0 Å². The molecule has 0 unspecified atom stereocenters. The van der Waals surface area contributed by atoms with Crippen LogP contribution in [-0.4, -0.2) is 58.6 Å². The first-order valence-corrected chi connectivity index (χ1v) is 7.73. The van der Waals surface area contributed by atoms with Crippen LogP contribution in [0, 0.1) is 0 Å². The number of carboxylic acids is 1. The van der Waals surface area contributed by atoms with E-state index in [1.807, 2.05) is 24.6 Å². The first-order valence-electron chi connectivity index (χ1n) is 7.73. The van der Waals surface area contributed by atoms with Crippen LogP contribution in [0.5, 0.6) is 0 Å². The maximum absolute atomic E-state index is 10.9. The number of morpholine rings is 1. The number of carboxylic acid groups (broad SMARTS) is 1. The summed E-state index contributed by atoms with van der Waals surface area (Å²) in [5, 5.41) is 14.2. The van der Waals surface area contributed by atoms with E-state index in [0.29, 0.717) is 5.56 Å². The Labute approximate surface area is 130 Å². The third-order valence-corrected chi connectivity index (χ3v) is 3.62. The lowest BCUT2D eigenvalue weighted by atomic mass is 10.1. The zero-order chi connectivity index (χ0) is 15.9. The number of rotatable bonds is 4. The Morgan fingerprint density at radius 3 is 2.68 bits per heavy atom. The summed E-state index contributed by atoms with van der Waals surface area (Å²) in [5.41, 5.74) is 1.27. The molecule has 0 spiro atoms. The van der Waals surface area contributed by atoms with Gasteiger partial charge in [-0.15, -0.1) is 0 Å². The Morgan fingerprint density at radius 2 is 2.00 bits per heavy atom. The number of benzene rings is 1. The Kier molecular flexibility index (Phi) is 5.91. The molecule has 0 bridgehead atoms. The first kappa shape index (κ1) is 16.5. The predicted molar refractivity (Wildman–Crippen MR) is 85.3 cm³/mol. The van der Waals surface area contributed by atoms with Crippen molar-refractivity contribution in [1.29, 1.82) is 0 Å². The maximum Gasteiger partial charge on any atom is 0.335 e. The Hall–Kier alpha value is -1.92. The van der Waals surface area contributed by atoms with Crippen LogP contribution in [0.15, 0.2) is 24.4 Å². The number of ether oxygens (including phenoxy) is 1. The quantitative estimate of drug-likeness (QED) is 0.937. The van der Waals surface area contributed by atoms with Gasteiger partial charge in [-0.3, -0.25) is 9.58 Å². The normalized spacial score (nSPS) is 15.4. The molecule has 0 radical (unpaired) electrons.